The van der Waals surface area contributed by atoms with E-state index in [4.69, 9.17) is 9.47 Å². The summed E-state index contributed by atoms with van der Waals surface area (Å²) in [6.45, 7) is 7.91. The first-order valence-electron chi connectivity index (χ1n) is 9.38. The van der Waals surface area contributed by atoms with Crippen molar-refractivity contribution in [3.63, 3.8) is 0 Å². The fourth-order valence-corrected chi connectivity index (χ4v) is 4.17. The molecule has 0 amide bonds. The van der Waals surface area contributed by atoms with Crippen molar-refractivity contribution >= 4 is 34.2 Å². The molecule has 8 heteroatoms. The number of aromatic nitrogens is 2. The quantitative estimate of drug-likeness (QED) is 0.454. The molecule has 2 heterocycles. The van der Waals surface area contributed by atoms with E-state index in [1.165, 1.54) is 11.3 Å². The van der Waals surface area contributed by atoms with Gasteiger partial charge in [-0.3, -0.25) is 9.59 Å². The predicted molar refractivity (Wildman–Crippen MR) is 112 cm³/mol. The first kappa shape index (κ1) is 20.9. The summed E-state index contributed by atoms with van der Waals surface area (Å²) in [5.74, 6) is -0.490. The van der Waals surface area contributed by atoms with Crippen LogP contribution < -0.4 is 9.61 Å². The highest BCUT2D eigenvalue weighted by molar-refractivity contribution is 7.09. The molecule has 0 radical (unpaired) electrons. The van der Waals surface area contributed by atoms with Crippen LogP contribution in [0.2, 0.25) is 0 Å². The number of ether oxygens (including phenoxy) is 2. The molecule has 0 bridgehead atoms. The molecule has 2 aromatic heterocycles. The minimum absolute atomic E-state index is 0.0759. The number of nitrogens with zero attached hydrogens (tertiary/aromatic N) is 2. The van der Waals surface area contributed by atoms with Crippen LogP contribution in [0, 0.1) is 20.8 Å². The zero-order chi connectivity index (χ0) is 21.3. The van der Waals surface area contributed by atoms with Gasteiger partial charge in [-0.1, -0.05) is 11.3 Å². The zero-order valence-electron chi connectivity index (χ0n) is 17.2. The lowest BCUT2D eigenvalue weighted by molar-refractivity contribution is -0.134. The van der Waals surface area contributed by atoms with E-state index in [0.29, 0.717) is 16.7 Å². The summed E-state index contributed by atoms with van der Waals surface area (Å²) in [7, 11) is 1.87. The number of carbonyl (C=O) groups is 2. The third kappa shape index (κ3) is 3.98. The molecule has 3 rings (SSSR count). The van der Waals surface area contributed by atoms with Gasteiger partial charge in [-0.15, -0.1) is 0 Å². The predicted octanol–water partition coefficient (Wildman–Crippen LogP) is 3.50. The minimum atomic E-state index is -0.440. The van der Waals surface area contributed by atoms with Crippen molar-refractivity contribution in [3.05, 3.63) is 49.7 Å². The molecule has 0 N–H and O–H groups in total. The average Bonchev–Trinajstić information content (AvgIpc) is 3.06. The van der Waals surface area contributed by atoms with Gasteiger partial charge in [0.25, 0.3) is 0 Å². The van der Waals surface area contributed by atoms with Gasteiger partial charge in [-0.25, -0.2) is 4.79 Å². The molecule has 3 aromatic rings. The largest absolute Gasteiger partial charge is 0.462 e. The van der Waals surface area contributed by atoms with Gasteiger partial charge < -0.3 is 18.6 Å². The Balaban J connectivity index is 1.81. The molecule has 0 unspecified atom stereocenters. The number of esters is 2. The first-order valence-corrected chi connectivity index (χ1v) is 10.2. The van der Waals surface area contributed by atoms with Crippen LogP contribution in [0.25, 0.3) is 10.9 Å². The van der Waals surface area contributed by atoms with E-state index in [0.717, 1.165) is 21.8 Å². The highest BCUT2D eigenvalue weighted by Gasteiger charge is 2.20. The number of rotatable bonds is 6. The molecule has 0 aliphatic heterocycles. The topological polar surface area (TPSA) is 79.5 Å². The Morgan fingerprint density at radius 1 is 1.14 bits per heavy atom. The van der Waals surface area contributed by atoms with Crippen LogP contribution in [0.1, 0.15) is 40.0 Å². The standard InChI is InChI=1S/C21H24N2O5S/c1-6-27-20(25)19-13(3)22(5)17-8-7-15(11-16(17)19)28-18(24)9-10-23-12(2)14(4)29-21(23)26/h7-8,11H,6,9-10H2,1-5H3. The molecule has 0 aliphatic carbocycles. The van der Waals surface area contributed by atoms with Crippen molar-refractivity contribution < 1.29 is 19.1 Å². The van der Waals surface area contributed by atoms with Gasteiger partial charge in [0, 0.05) is 40.8 Å². The summed E-state index contributed by atoms with van der Waals surface area (Å²) in [4.78, 5) is 37.5. The summed E-state index contributed by atoms with van der Waals surface area (Å²) in [5.41, 5.74) is 2.97. The summed E-state index contributed by atoms with van der Waals surface area (Å²) >= 11 is 1.17. The second kappa shape index (κ2) is 8.24. The van der Waals surface area contributed by atoms with Crippen LogP contribution in [-0.2, 0) is 23.1 Å². The van der Waals surface area contributed by atoms with Gasteiger partial charge in [0.1, 0.15) is 5.75 Å². The van der Waals surface area contributed by atoms with Gasteiger partial charge in [0.2, 0.25) is 0 Å². The van der Waals surface area contributed by atoms with Crippen LogP contribution in [0.15, 0.2) is 23.0 Å². The number of fused-ring (bicyclic) bond motifs is 1. The first-order chi connectivity index (χ1) is 13.7. The van der Waals surface area contributed by atoms with Gasteiger partial charge in [0.05, 0.1) is 18.6 Å². The number of benzene rings is 1. The van der Waals surface area contributed by atoms with Crippen molar-refractivity contribution in [3.8, 4) is 5.75 Å². The van der Waals surface area contributed by atoms with Crippen molar-refractivity contribution in [1.82, 2.24) is 9.13 Å². The molecule has 0 saturated carbocycles. The average molecular weight is 416 g/mol. The second-order valence-corrected chi connectivity index (χ2v) is 7.97. The van der Waals surface area contributed by atoms with Crippen molar-refractivity contribution in [2.24, 2.45) is 7.05 Å². The molecule has 0 spiro atoms. The molecule has 29 heavy (non-hydrogen) atoms. The van der Waals surface area contributed by atoms with Crippen LogP contribution in [0.4, 0.5) is 0 Å². The van der Waals surface area contributed by atoms with E-state index >= 15 is 0 Å². The van der Waals surface area contributed by atoms with Crippen LogP contribution >= 0.6 is 11.3 Å². The Morgan fingerprint density at radius 2 is 1.86 bits per heavy atom. The van der Waals surface area contributed by atoms with Gasteiger partial charge in [-0.05, 0) is 45.9 Å². The van der Waals surface area contributed by atoms with E-state index < -0.39 is 11.9 Å². The number of thiazole rings is 1. The maximum absolute atomic E-state index is 12.4. The van der Waals surface area contributed by atoms with E-state index in [1.54, 1.807) is 23.6 Å². The lowest BCUT2D eigenvalue weighted by Gasteiger charge is -2.07. The van der Waals surface area contributed by atoms with Gasteiger partial charge in [0.15, 0.2) is 0 Å². The Hall–Kier alpha value is -2.87. The molecular formula is C21H24N2O5S. The summed E-state index contributed by atoms with van der Waals surface area (Å²) < 4.78 is 14.1. The monoisotopic (exact) mass is 416 g/mol. The van der Waals surface area contributed by atoms with Crippen LogP contribution in [0.5, 0.6) is 5.75 Å². The molecule has 0 atom stereocenters. The summed E-state index contributed by atoms with van der Waals surface area (Å²) in [6.07, 6.45) is 0.0769. The smallest absolute Gasteiger partial charge is 0.340 e. The van der Waals surface area contributed by atoms with Crippen molar-refractivity contribution in [1.29, 1.82) is 0 Å². The molecule has 0 aliphatic rings. The van der Waals surface area contributed by atoms with Crippen LogP contribution in [-0.4, -0.2) is 27.7 Å². The molecule has 0 fully saturated rings. The zero-order valence-corrected chi connectivity index (χ0v) is 18.0. The molecule has 7 nitrogen and oxygen atoms in total. The van der Waals surface area contributed by atoms with Crippen molar-refractivity contribution in [2.75, 3.05) is 6.61 Å². The molecule has 0 saturated heterocycles. The Labute approximate surface area is 172 Å². The van der Waals surface area contributed by atoms with E-state index in [-0.39, 0.29) is 24.4 Å². The third-order valence-corrected chi connectivity index (χ3v) is 6.09. The van der Waals surface area contributed by atoms with Gasteiger partial charge in [-0.2, -0.15) is 0 Å². The minimum Gasteiger partial charge on any atom is -0.462 e. The molecule has 1 aromatic carbocycles. The van der Waals surface area contributed by atoms with Crippen LogP contribution in [0.3, 0.4) is 0 Å². The fourth-order valence-electron chi connectivity index (χ4n) is 3.31. The highest BCUT2D eigenvalue weighted by Crippen LogP contribution is 2.29. The normalized spacial score (nSPS) is 11.1. The molecular weight excluding hydrogens is 392 g/mol. The van der Waals surface area contributed by atoms with Crippen molar-refractivity contribution in [2.45, 2.75) is 40.7 Å². The SMILES string of the molecule is CCOC(=O)c1c(C)n(C)c2ccc(OC(=O)CCn3c(C)c(C)sc3=O)cc12. The number of carbonyl (C=O) groups excluding carboxylic acids is 2. The lowest BCUT2D eigenvalue weighted by atomic mass is 10.1. The summed E-state index contributed by atoms with van der Waals surface area (Å²) in [6, 6.07) is 5.18. The second-order valence-electron chi connectivity index (χ2n) is 6.80. The summed E-state index contributed by atoms with van der Waals surface area (Å²) in [5, 5.41) is 0.675. The molecule has 154 valence electrons. The maximum atomic E-state index is 12.4. The number of aryl methyl sites for hydroxylation is 2. The number of hydrogen-bond donors (Lipinski definition) is 0. The van der Waals surface area contributed by atoms with E-state index in [9.17, 15) is 14.4 Å². The van der Waals surface area contributed by atoms with Gasteiger partial charge >= 0.3 is 16.8 Å². The Morgan fingerprint density at radius 3 is 2.48 bits per heavy atom. The van der Waals surface area contributed by atoms with E-state index in [2.05, 4.69) is 0 Å². The lowest BCUT2D eigenvalue weighted by Crippen LogP contribution is -2.19. The maximum Gasteiger partial charge on any atom is 0.340 e. The Kier molecular flexibility index (Phi) is 5.93. The number of hydrogen-bond acceptors (Lipinski definition) is 6. The third-order valence-electron chi connectivity index (χ3n) is 5.09. The highest BCUT2D eigenvalue weighted by atomic mass is 32.1. The van der Waals surface area contributed by atoms with E-state index in [1.807, 2.05) is 38.5 Å². The fraction of sp³-hybridized carbons (Fsp3) is 0.381. The Bertz CT molecular complexity index is 1150.